The fraction of sp³-hybridized carbons (Fsp3) is 0.136. The maximum absolute atomic E-state index is 12.5. The number of rotatable bonds is 5. The number of hydrogen-bond acceptors (Lipinski definition) is 5. The zero-order valence-electron chi connectivity index (χ0n) is 16.2. The predicted molar refractivity (Wildman–Crippen MR) is 111 cm³/mol. The predicted octanol–water partition coefficient (Wildman–Crippen LogP) is 5.18. The molecule has 0 unspecified atom stereocenters. The third kappa shape index (κ3) is 4.92. The number of aromatic nitrogens is 1. The Morgan fingerprint density at radius 1 is 1.00 bits per heavy atom. The number of carbonyl (C=O) groups is 2. The second-order valence-electron chi connectivity index (χ2n) is 6.39. The Morgan fingerprint density at radius 2 is 1.69 bits per heavy atom. The summed E-state index contributed by atoms with van der Waals surface area (Å²) in [6.07, 6.45) is 1.46. The second-order valence-corrected chi connectivity index (χ2v) is 6.77. The SMILES string of the molecule is COC(=O)c1cc(C)c(Cl)c(NC(=O)c2ccc(Oc3ccc(C)cc3)cn2)c1. The second kappa shape index (κ2) is 8.75. The van der Waals surface area contributed by atoms with Gasteiger partial charge in [0.25, 0.3) is 5.91 Å². The number of hydrogen-bond donors (Lipinski definition) is 1. The number of benzene rings is 2. The first-order chi connectivity index (χ1) is 13.9. The van der Waals surface area contributed by atoms with Crippen LogP contribution in [0.3, 0.4) is 0 Å². The van der Waals surface area contributed by atoms with Crippen molar-refractivity contribution in [2.45, 2.75) is 13.8 Å². The van der Waals surface area contributed by atoms with Crippen LogP contribution in [0.4, 0.5) is 5.69 Å². The third-order valence-corrected chi connectivity index (χ3v) is 4.65. The van der Waals surface area contributed by atoms with Gasteiger partial charge in [-0.2, -0.15) is 0 Å². The molecule has 0 bridgehead atoms. The molecule has 1 heterocycles. The fourth-order valence-electron chi connectivity index (χ4n) is 2.60. The summed E-state index contributed by atoms with van der Waals surface area (Å²) in [7, 11) is 1.29. The van der Waals surface area contributed by atoms with Crippen molar-refractivity contribution < 1.29 is 19.1 Å². The van der Waals surface area contributed by atoms with E-state index in [-0.39, 0.29) is 5.69 Å². The van der Waals surface area contributed by atoms with Crippen LogP contribution in [0.2, 0.25) is 5.02 Å². The summed E-state index contributed by atoms with van der Waals surface area (Å²) in [6, 6.07) is 13.9. The van der Waals surface area contributed by atoms with Gasteiger partial charge >= 0.3 is 5.97 Å². The molecule has 0 saturated heterocycles. The molecule has 1 amide bonds. The number of amides is 1. The summed E-state index contributed by atoms with van der Waals surface area (Å²) in [5.74, 6) is 0.203. The summed E-state index contributed by atoms with van der Waals surface area (Å²) in [6.45, 7) is 3.73. The minimum Gasteiger partial charge on any atom is -0.465 e. The average Bonchev–Trinajstić information content (AvgIpc) is 2.72. The summed E-state index contributed by atoms with van der Waals surface area (Å²) in [5, 5.41) is 3.02. The van der Waals surface area contributed by atoms with Crippen molar-refractivity contribution in [3.05, 3.63) is 82.1 Å². The molecule has 2 aromatic carbocycles. The van der Waals surface area contributed by atoms with Gasteiger partial charge in [-0.1, -0.05) is 29.3 Å². The molecule has 0 aliphatic heterocycles. The highest BCUT2D eigenvalue weighted by atomic mass is 35.5. The topological polar surface area (TPSA) is 77.5 Å². The first-order valence-electron chi connectivity index (χ1n) is 8.78. The largest absolute Gasteiger partial charge is 0.465 e. The van der Waals surface area contributed by atoms with E-state index in [2.05, 4.69) is 10.3 Å². The van der Waals surface area contributed by atoms with Crippen molar-refractivity contribution in [1.29, 1.82) is 0 Å². The van der Waals surface area contributed by atoms with Crippen molar-refractivity contribution in [2.75, 3.05) is 12.4 Å². The number of nitrogens with one attached hydrogen (secondary N) is 1. The molecule has 29 heavy (non-hydrogen) atoms. The Hall–Kier alpha value is -3.38. The van der Waals surface area contributed by atoms with Gasteiger partial charge < -0.3 is 14.8 Å². The summed E-state index contributed by atoms with van der Waals surface area (Å²) in [4.78, 5) is 28.5. The smallest absolute Gasteiger partial charge is 0.337 e. The lowest BCUT2D eigenvalue weighted by Gasteiger charge is -2.11. The van der Waals surface area contributed by atoms with Crippen molar-refractivity contribution >= 4 is 29.2 Å². The van der Waals surface area contributed by atoms with Crippen molar-refractivity contribution in [2.24, 2.45) is 0 Å². The molecule has 0 atom stereocenters. The van der Waals surface area contributed by atoms with Crippen LogP contribution < -0.4 is 10.1 Å². The van der Waals surface area contributed by atoms with Crippen LogP contribution >= 0.6 is 11.6 Å². The number of anilines is 1. The van der Waals surface area contributed by atoms with Gasteiger partial charge in [0.15, 0.2) is 0 Å². The lowest BCUT2D eigenvalue weighted by atomic mass is 10.1. The van der Waals surface area contributed by atoms with Crippen LogP contribution in [0, 0.1) is 13.8 Å². The molecule has 148 valence electrons. The van der Waals surface area contributed by atoms with E-state index in [1.807, 2.05) is 31.2 Å². The number of halogens is 1. The van der Waals surface area contributed by atoms with Crippen LogP contribution in [0.25, 0.3) is 0 Å². The van der Waals surface area contributed by atoms with Gasteiger partial charge in [0.05, 0.1) is 29.6 Å². The van der Waals surface area contributed by atoms with Crippen molar-refractivity contribution in [3.63, 3.8) is 0 Å². The molecule has 0 fully saturated rings. The molecule has 7 heteroatoms. The van der Waals surface area contributed by atoms with Gasteiger partial charge in [0.2, 0.25) is 0 Å². The molecular formula is C22H19ClN2O4. The van der Waals surface area contributed by atoms with Crippen molar-refractivity contribution in [3.8, 4) is 11.5 Å². The molecule has 1 aromatic heterocycles. The van der Waals surface area contributed by atoms with Crippen LogP contribution in [-0.4, -0.2) is 24.0 Å². The molecule has 0 saturated carbocycles. The van der Waals surface area contributed by atoms with E-state index in [0.29, 0.717) is 33.3 Å². The van der Waals surface area contributed by atoms with Crippen molar-refractivity contribution in [1.82, 2.24) is 4.98 Å². The number of methoxy groups -OCH3 is 1. The lowest BCUT2D eigenvalue weighted by molar-refractivity contribution is 0.0600. The normalized spacial score (nSPS) is 10.3. The Balaban J connectivity index is 1.75. The fourth-order valence-corrected chi connectivity index (χ4v) is 2.76. The lowest BCUT2D eigenvalue weighted by Crippen LogP contribution is -2.15. The maximum Gasteiger partial charge on any atom is 0.337 e. The number of pyridine rings is 1. The monoisotopic (exact) mass is 410 g/mol. The van der Waals surface area contributed by atoms with Gasteiger partial charge in [0, 0.05) is 0 Å². The Labute approximate surface area is 173 Å². The van der Waals surface area contributed by atoms with E-state index in [9.17, 15) is 9.59 Å². The maximum atomic E-state index is 12.5. The van der Waals surface area contributed by atoms with Gasteiger partial charge in [-0.3, -0.25) is 4.79 Å². The molecule has 1 N–H and O–H groups in total. The summed E-state index contributed by atoms with van der Waals surface area (Å²) >= 11 is 6.26. The number of carbonyl (C=O) groups excluding carboxylic acids is 2. The van der Waals surface area contributed by atoms with Gasteiger partial charge in [0.1, 0.15) is 17.2 Å². The van der Waals surface area contributed by atoms with Gasteiger partial charge in [-0.15, -0.1) is 0 Å². The van der Waals surface area contributed by atoms with Gasteiger partial charge in [-0.05, 0) is 55.8 Å². The molecule has 6 nitrogen and oxygen atoms in total. The zero-order chi connectivity index (χ0) is 21.0. The zero-order valence-corrected chi connectivity index (χ0v) is 16.9. The van der Waals surface area contributed by atoms with Crippen LogP contribution in [0.15, 0.2) is 54.7 Å². The molecule has 0 spiro atoms. The van der Waals surface area contributed by atoms with E-state index in [0.717, 1.165) is 5.56 Å². The Morgan fingerprint density at radius 3 is 2.31 bits per heavy atom. The minimum absolute atomic E-state index is 0.179. The molecule has 0 radical (unpaired) electrons. The highest BCUT2D eigenvalue weighted by Gasteiger charge is 2.15. The summed E-state index contributed by atoms with van der Waals surface area (Å²) < 4.78 is 10.4. The first-order valence-corrected chi connectivity index (χ1v) is 9.15. The first kappa shape index (κ1) is 20.4. The number of aryl methyl sites for hydroxylation is 2. The standard InChI is InChI=1S/C22H19ClN2O4/c1-13-4-6-16(7-5-13)29-17-8-9-18(24-12-17)21(26)25-19-11-15(22(27)28-3)10-14(2)20(19)23/h4-12H,1-3H3,(H,25,26). The average molecular weight is 411 g/mol. The van der Waals surface area contributed by atoms with E-state index >= 15 is 0 Å². The highest BCUT2D eigenvalue weighted by molar-refractivity contribution is 6.34. The highest BCUT2D eigenvalue weighted by Crippen LogP contribution is 2.28. The van der Waals surface area contributed by atoms with E-state index in [1.54, 1.807) is 25.1 Å². The van der Waals surface area contributed by atoms with Gasteiger partial charge in [-0.25, -0.2) is 9.78 Å². The molecule has 0 aliphatic rings. The van der Waals surface area contributed by atoms with E-state index in [4.69, 9.17) is 21.1 Å². The molecule has 3 aromatic rings. The number of esters is 1. The molecule has 0 aliphatic carbocycles. The van der Waals surface area contributed by atoms with E-state index < -0.39 is 11.9 Å². The minimum atomic E-state index is -0.518. The van der Waals surface area contributed by atoms with Crippen LogP contribution in [-0.2, 0) is 4.74 Å². The number of ether oxygens (including phenoxy) is 2. The van der Waals surface area contributed by atoms with E-state index in [1.165, 1.54) is 19.4 Å². The molecule has 3 rings (SSSR count). The summed E-state index contributed by atoms with van der Waals surface area (Å²) in [5.41, 5.74) is 2.55. The van der Waals surface area contributed by atoms with Crippen LogP contribution in [0.1, 0.15) is 32.0 Å². The molecular weight excluding hydrogens is 392 g/mol. The Bertz CT molecular complexity index is 1050. The Kier molecular flexibility index (Phi) is 6.14. The third-order valence-electron chi connectivity index (χ3n) is 4.15. The van der Waals surface area contributed by atoms with Crippen LogP contribution in [0.5, 0.6) is 11.5 Å². The number of nitrogens with zero attached hydrogens (tertiary/aromatic N) is 1. The quantitative estimate of drug-likeness (QED) is 0.586.